The lowest BCUT2D eigenvalue weighted by atomic mass is 9.82. The number of piperidine rings is 1. The van der Waals surface area contributed by atoms with Crippen molar-refractivity contribution in [1.82, 2.24) is 14.9 Å². The summed E-state index contributed by atoms with van der Waals surface area (Å²) in [6.07, 6.45) is 6.93. The van der Waals surface area contributed by atoms with Crippen LogP contribution in [0, 0.1) is 0 Å². The standard InChI is InChI=1S/C34H31N3O6/c1-41-29-18-22(17-25-23(29)9-13-36-30(25)20-5-6-20)32(39)37-14-10-34(11-15-37)19-27(38)26-16-21(7-8-28(26)43-34)31-24(33(40)42-2)4-3-12-35-31/h3-4,7-9,12-13,16-18,20H,5-6,10-11,14-15,19H2,1-2H3. The molecule has 2 aromatic heterocycles. The van der Waals surface area contributed by atoms with Gasteiger partial charge in [-0.05, 0) is 61.4 Å². The van der Waals surface area contributed by atoms with Gasteiger partial charge in [-0.15, -0.1) is 0 Å². The molecule has 2 aromatic carbocycles. The minimum absolute atomic E-state index is 0.0298. The zero-order valence-electron chi connectivity index (χ0n) is 24.1. The van der Waals surface area contributed by atoms with Crippen molar-refractivity contribution in [2.45, 2.75) is 43.6 Å². The van der Waals surface area contributed by atoms with Gasteiger partial charge >= 0.3 is 5.97 Å². The maximum absolute atomic E-state index is 13.7. The van der Waals surface area contributed by atoms with Gasteiger partial charge in [0.2, 0.25) is 0 Å². The number of esters is 1. The number of carbonyl (C=O) groups is 3. The lowest BCUT2D eigenvalue weighted by Gasteiger charge is -2.44. The smallest absolute Gasteiger partial charge is 0.340 e. The zero-order valence-corrected chi connectivity index (χ0v) is 24.1. The molecule has 0 atom stereocenters. The van der Waals surface area contributed by atoms with Crippen LogP contribution in [0.1, 0.15) is 74.8 Å². The number of Topliss-reactive ketones (excluding diaryl/α,β-unsaturated/α-hetero) is 1. The van der Waals surface area contributed by atoms with Gasteiger partial charge in [0.1, 0.15) is 17.1 Å². The molecule has 2 fully saturated rings. The van der Waals surface area contributed by atoms with Crippen molar-refractivity contribution in [3.05, 3.63) is 83.3 Å². The summed E-state index contributed by atoms with van der Waals surface area (Å²) in [5.74, 6) is 1.02. The first-order valence-electron chi connectivity index (χ1n) is 14.6. The van der Waals surface area contributed by atoms with E-state index >= 15 is 0 Å². The molecule has 9 nitrogen and oxygen atoms in total. The number of fused-ring (bicyclic) bond motifs is 2. The van der Waals surface area contributed by atoms with Gasteiger partial charge in [0.15, 0.2) is 5.78 Å². The van der Waals surface area contributed by atoms with Crippen LogP contribution < -0.4 is 9.47 Å². The minimum atomic E-state index is -0.672. The Hall–Kier alpha value is -4.79. The highest BCUT2D eigenvalue weighted by molar-refractivity contribution is 6.03. The number of likely N-dealkylation sites (tertiary alicyclic amines) is 1. The van der Waals surface area contributed by atoms with Gasteiger partial charge in [0.25, 0.3) is 5.91 Å². The van der Waals surface area contributed by atoms with Gasteiger partial charge in [-0.25, -0.2) is 4.79 Å². The van der Waals surface area contributed by atoms with Crippen molar-refractivity contribution < 1.29 is 28.6 Å². The fourth-order valence-corrected chi connectivity index (χ4v) is 6.38. The summed E-state index contributed by atoms with van der Waals surface area (Å²) in [4.78, 5) is 50.3. The van der Waals surface area contributed by atoms with Crippen molar-refractivity contribution in [3.8, 4) is 22.8 Å². The van der Waals surface area contributed by atoms with Crippen LogP contribution in [0.5, 0.6) is 11.5 Å². The van der Waals surface area contributed by atoms with Crippen molar-refractivity contribution in [3.63, 3.8) is 0 Å². The fraction of sp³-hybridized carbons (Fsp3) is 0.324. The topological polar surface area (TPSA) is 108 Å². The molecule has 4 aromatic rings. The van der Waals surface area contributed by atoms with Crippen LogP contribution in [-0.4, -0.2) is 65.4 Å². The maximum atomic E-state index is 13.7. The Morgan fingerprint density at radius 3 is 2.53 bits per heavy atom. The molecule has 43 heavy (non-hydrogen) atoms. The number of benzene rings is 2. The second-order valence-electron chi connectivity index (χ2n) is 11.5. The number of hydrogen-bond acceptors (Lipinski definition) is 8. The largest absolute Gasteiger partial charge is 0.496 e. The van der Waals surface area contributed by atoms with Gasteiger partial charge in [-0.1, -0.05) is 0 Å². The maximum Gasteiger partial charge on any atom is 0.340 e. The molecule has 0 bridgehead atoms. The van der Waals surface area contributed by atoms with Crippen LogP contribution in [-0.2, 0) is 4.74 Å². The lowest BCUT2D eigenvalue weighted by Crippen LogP contribution is -2.52. The molecule has 1 spiro atoms. The first kappa shape index (κ1) is 27.1. The van der Waals surface area contributed by atoms with Crippen LogP contribution in [0.25, 0.3) is 22.0 Å². The predicted molar refractivity (Wildman–Crippen MR) is 159 cm³/mol. The average Bonchev–Trinajstić information content (AvgIpc) is 3.89. The number of ketones is 1. The molecule has 3 aliphatic rings. The van der Waals surface area contributed by atoms with Crippen molar-refractivity contribution in [1.29, 1.82) is 0 Å². The second-order valence-corrected chi connectivity index (χ2v) is 11.5. The highest BCUT2D eigenvalue weighted by atomic mass is 16.5. The number of carbonyl (C=O) groups excluding carboxylic acids is 3. The third kappa shape index (κ3) is 4.78. The number of hydrogen-bond donors (Lipinski definition) is 0. The van der Waals surface area contributed by atoms with E-state index in [2.05, 4.69) is 9.97 Å². The zero-order chi connectivity index (χ0) is 29.7. The van der Waals surface area contributed by atoms with E-state index in [-0.39, 0.29) is 18.1 Å². The van der Waals surface area contributed by atoms with Crippen LogP contribution >= 0.6 is 0 Å². The molecule has 0 radical (unpaired) electrons. The molecule has 9 heteroatoms. The van der Waals surface area contributed by atoms with E-state index in [9.17, 15) is 14.4 Å². The van der Waals surface area contributed by atoms with Crippen LogP contribution in [0.2, 0.25) is 0 Å². The van der Waals surface area contributed by atoms with Crippen LogP contribution in [0.15, 0.2) is 60.9 Å². The quantitative estimate of drug-likeness (QED) is 0.282. The molecule has 0 unspecified atom stereocenters. The van der Waals surface area contributed by atoms with Gasteiger partial charge in [-0.2, -0.15) is 0 Å². The highest BCUT2D eigenvalue weighted by Crippen LogP contribution is 2.44. The molecule has 218 valence electrons. The molecule has 7 rings (SSSR count). The van der Waals surface area contributed by atoms with Gasteiger partial charge in [-0.3, -0.25) is 19.6 Å². The summed E-state index contributed by atoms with van der Waals surface area (Å²) in [6, 6.07) is 14.3. The SMILES string of the molecule is COC(=O)c1cccnc1-c1ccc2c(c1)C(=O)CC1(CCN(C(=O)c3cc(OC)c4ccnc(C5CC5)c4c3)CC1)O2. The highest BCUT2D eigenvalue weighted by Gasteiger charge is 2.44. The van der Waals surface area contributed by atoms with E-state index in [1.165, 1.54) is 7.11 Å². The average molecular weight is 578 g/mol. The molecule has 4 heterocycles. The first-order valence-corrected chi connectivity index (χ1v) is 14.6. The Morgan fingerprint density at radius 1 is 0.977 bits per heavy atom. The third-order valence-corrected chi connectivity index (χ3v) is 8.84. The molecule has 2 aliphatic heterocycles. The van der Waals surface area contributed by atoms with E-state index < -0.39 is 11.6 Å². The molecular formula is C34H31N3O6. The summed E-state index contributed by atoms with van der Waals surface area (Å²) in [5, 5.41) is 1.94. The number of methoxy groups -OCH3 is 2. The second kappa shape index (κ2) is 10.5. The molecular weight excluding hydrogens is 546 g/mol. The Morgan fingerprint density at radius 2 is 1.79 bits per heavy atom. The van der Waals surface area contributed by atoms with E-state index in [0.717, 1.165) is 29.3 Å². The van der Waals surface area contributed by atoms with Crippen LogP contribution in [0.3, 0.4) is 0 Å². The van der Waals surface area contributed by atoms with Crippen LogP contribution in [0.4, 0.5) is 0 Å². The molecule has 1 amide bonds. The Labute approximate surface area is 248 Å². The first-order chi connectivity index (χ1) is 20.9. The van der Waals surface area contributed by atoms with E-state index in [1.807, 2.05) is 29.3 Å². The monoisotopic (exact) mass is 577 g/mol. The summed E-state index contributed by atoms with van der Waals surface area (Å²) < 4.78 is 17.1. The minimum Gasteiger partial charge on any atom is -0.496 e. The Bertz CT molecular complexity index is 1790. The summed E-state index contributed by atoms with van der Waals surface area (Å²) in [7, 11) is 2.94. The molecule has 1 aliphatic carbocycles. The fourth-order valence-electron chi connectivity index (χ4n) is 6.38. The lowest BCUT2D eigenvalue weighted by molar-refractivity contribution is -0.00571. The van der Waals surface area contributed by atoms with Gasteiger partial charge in [0, 0.05) is 66.1 Å². The normalized spacial score (nSPS) is 17.3. The number of ether oxygens (including phenoxy) is 3. The summed E-state index contributed by atoms with van der Waals surface area (Å²) in [6.45, 7) is 0.942. The number of pyridine rings is 2. The Balaban J connectivity index is 1.10. The molecule has 0 N–H and O–H groups in total. The van der Waals surface area contributed by atoms with E-state index in [0.29, 0.717) is 71.3 Å². The predicted octanol–water partition coefficient (Wildman–Crippen LogP) is 5.61. The summed E-state index contributed by atoms with van der Waals surface area (Å²) >= 11 is 0. The Kier molecular flexibility index (Phi) is 6.60. The van der Waals surface area contributed by atoms with Gasteiger partial charge in [0.05, 0.1) is 43.2 Å². The number of amides is 1. The third-order valence-electron chi connectivity index (χ3n) is 8.84. The number of nitrogens with zero attached hydrogens (tertiary/aromatic N) is 3. The van der Waals surface area contributed by atoms with Crippen molar-refractivity contribution in [2.24, 2.45) is 0 Å². The number of rotatable bonds is 5. The van der Waals surface area contributed by atoms with E-state index in [4.69, 9.17) is 14.2 Å². The van der Waals surface area contributed by atoms with Crippen molar-refractivity contribution >= 4 is 28.4 Å². The molecule has 1 saturated carbocycles. The summed E-state index contributed by atoms with van der Waals surface area (Å²) in [5.41, 5.74) is 2.81. The van der Waals surface area contributed by atoms with Gasteiger partial charge < -0.3 is 19.1 Å². The van der Waals surface area contributed by atoms with E-state index in [1.54, 1.807) is 43.6 Å². The van der Waals surface area contributed by atoms with Crippen molar-refractivity contribution in [2.75, 3.05) is 27.3 Å². The number of aromatic nitrogens is 2. The molecule has 1 saturated heterocycles.